The Balaban J connectivity index is 2.59. The molecule has 1 heterocycles. The number of carbonyl (C=O) groups is 1. The first-order valence-corrected chi connectivity index (χ1v) is 8.39. The van der Waals surface area contributed by atoms with Gasteiger partial charge in [0.15, 0.2) is 0 Å². The Labute approximate surface area is 119 Å². The number of hydrogen-bond acceptors (Lipinski definition) is 4. The molecular weight excluding hydrogens is 287 g/mol. The fraction of sp³-hybridized carbons (Fsp3) is 0.917. The van der Waals surface area contributed by atoms with Gasteiger partial charge in [0, 0.05) is 13.0 Å². The second kappa shape index (κ2) is 6.26. The van der Waals surface area contributed by atoms with E-state index >= 15 is 0 Å². The van der Waals surface area contributed by atoms with Crippen LogP contribution in [0.4, 0.5) is 9.18 Å². The topological polar surface area (TPSA) is 75.7 Å². The minimum absolute atomic E-state index is 0.00384. The number of rotatable bonds is 4. The fourth-order valence-corrected chi connectivity index (χ4v) is 2.38. The number of sulfonamides is 1. The Kier molecular flexibility index (Phi) is 5.37. The number of likely N-dealkylation sites (tertiary alicyclic amines) is 1. The lowest BCUT2D eigenvalue weighted by Gasteiger charge is -2.26. The van der Waals surface area contributed by atoms with Gasteiger partial charge in [-0.25, -0.2) is 22.3 Å². The number of nitrogens with zero attached hydrogens (tertiary/aromatic N) is 1. The summed E-state index contributed by atoms with van der Waals surface area (Å²) in [5, 5.41) is 0. The molecule has 20 heavy (non-hydrogen) atoms. The maximum atomic E-state index is 13.5. The van der Waals surface area contributed by atoms with Gasteiger partial charge in [-0.05, 0) is 5.41 Å². The van der Waals surface area contributed by atoms with Gasteiger partial charge >= 0.3 is 6.09 Å². The van der Waals surface area contributed by atoms with Gasteiger partial charge in [-0.3, -0.25) is 0 Å². The van der Waals surface area contributed by atoms with Crippen LogP contribution in [0.5, 0.6) is 0 Å². The smallest absolute Gasteiger partial charge is 0.410 e. The Morgan fingerprint density at radius 2 is 2.05 bits per heavy atom. The molecule has 1 N–H and O–H groups in total. The van der Waals surface area contributed by atoms with Crippen LogP contribution in [0.25, 0.3) is 0 Å². The molecule has 118 valence electrons. The normalized spacial score (nSPS) is 23.9. The summed E-state index contributed by atoms with van der Waals surface area (Å²) in [5.41, 5.74) is -0.176. The van der Waals surface area contributed by atoms with E-state index in [0.717, 1.165) is 6.26 Å². The van der Waals surface area contributed by atoms with Crippen LogP contribution >= 0.6 is 0 Å². The van der Waals surface area contributed by atoms with Crippen molar-refractivity contribution >= 4 is 16.1 Å². The number of halogens is 1. The first-order valence-electron chi connectivity index (χ1n) is 6.50. The first-order chi connectivity index (χ1) is 8.98. The predicted molar refractivity (Wildman–Crippen MR) is 73.7 cm³/mol. The van der Waals surface area contributed by atoms with Crippen LogP contribution in [0.2, 0.25) is 0 Å². The second-order valence-corrected chi connectivity index (χ2v) is 8.21. The molecule has 1 rings (SSSR count). The highest BCUT2D eigenvalue weighted by Gasteiger charge is 2.36. The SMILES string of the molecule is CC(C)(C)COC(=O)N1CC(F)CC1CNS(C)(=O)=O. The molecule has 2 unspecified atom stereocenters. The largest absolute Gasteiger partial charge is 0.449 e. The van der Waals surface area contributed by atoms with E-state index in [1.54, 1.807) is 0 Å². The number of alkyl halides is 1. The van der Waals surface area contributed by atoms with E-state index in [2.05, 4.69) is 4.72 Å². The Morgan fingerprint density at radius 1 is 1.45 bits per heavy atom. The van der Waals surface area contributed by atoms with Crippen molar-refractivity contribution in [2.75, 3.05) is 26.0 Å². The van der Waals surface area contributed by atoms with Crippen LogP contribution in [0.3, 0.4) is 0 Å². The van der Waals surface area contributed by atoms with Gasteiger partial charge in [-0.1, -0.05) is 20.8 Å². The molecule has 6 nitrogen and oxygen atoms in total. The molecule has 0 radical (unpaired) electrons. The van der Waals surface area contributed by atoms with Crippen molar-refractivity contribution in [1.82, 2.24) is 9.62 Å². The lowest BCUT2D eigenvalue weighted by Crippen LogP contribution is -2.43. The molecule has 8 heteroatoms. The molecule has 0 saturated carbocycles. The standard InChI is InChI=1S/C12H23FN2O4S/c1-12(2,3)8-19-11(16)15-7-9(13)5-10(15)6-14-20(4,17)18/h9-10,14H,5-8H2,1-4H3. The van der Waals surface area contributed by atoms with Gasteiger partial charge in [0.2, 0.25) is 10.0 Å². The minimum atomic E-state index is -3.36. The number of nitrogens with one attached hydrogen (secondary N) is 1. The summed E-state index contributed by atoms with van der Waals surface area (Å²) < 4.78 is 43.0. The van der Waals surface area contributed by atoms with E-state index in [-0.39, 0.29) is 31.5 Å². The minimum Gasteiger partial charge on any atom is -0.449 e. The molecule has 2 atom stereocenters. The molecule has 1 saturated heterocycles. The molecule has 0 aliphatic carbocycles. The van der Waals surface area contributed by atoms with Gasteiger partial charge in [-0.2, -0.15) is 0 Å². The molecule has 0 aromatic heterocycles. The zero-order valence-corrected chi connectivity index (χ0v) is 13.2. The highest BCUT2D eigenvalue weighted by atomic mass is 32.2. The lowest BCUT2D eigenvalue weighted by atomic mass is 9.99. The van der Waals surface area contributed by atoms with E-state index < -0.39 is 28.3 Å². The van der Waals surface area contributed by atoms with Gasteiger partial charge in [0.25, 0.3) is 0 Å². The monoisotopic (exact) mass is 310 g/mol. The fourth-order valence-electron chi connectivity index (χ4n) is 1.89. The number of carbonyl (C=O) groups excluding carboxylic acids is 1. The molecule has 1 aliphatic heterocycles. The molecule has 0 bridgehead atoms. The van der Waals surface area contributed by atoms with Gasteiger partial charge in [0.05, 0.1) is 25.4 Å². The molecule has 1 fully saturated rings. The molecule has 1 amide bonds. The van der Waals surface area contributed by atoms with Crippen molar-refractivity contribution in [2.45, 2.75) is 39.4 Å². The number of amides is 1. The van der Waals surface area contributed by atoms with Crippen molar-refractivity contribution < 1.29 is 22.3 Å². The summed E-state index contributed by atoms with van der Waals surface area (Å²) >= 11 is 0. The third-order valence-corrected chi connectivity index (χ3v) is 3.50. The van der Waals surface area contributed by atoms with E-state index in [0.29, 0.717) is 0 Å². The average Bonchev–Trinajstić information content (AvgIpc) is 2.63. The molecule has 0 aromatic carbocycles. The maximum Gasteiger partial charge on any atom is 0.410 e. The van der Waals surface area contributed by atoms with Gasteiger partial charge in [0.1, 0.15) is 6.17 Å². The first kappa shape index (κ1) is 17.2. The van der Waals surface area contributed by atoms with Crippen molar-refractivity contribution in [1.29, 1.82) is 0 Å². The second-order valence-electron chi connectivity index (χ2n) is 6.38. The van der Waals surface area contributed by atoms with Crippen LogP contribution in [-0.4, -0.2) is 57.6 Å². The molecule has 0 aromatic rings. The number of hydrogen-bond donors (Lipinski definition) is 1. The van der Waals surface area contributed by atoms with E-state index in [9.17, 15) is 17.6 Å². The van der Waals surface area contributed by atoms with Crippen LogP contribution < -0.4 is 4.72 Å². The summed E-state index contributed by atoms with van der Waals surface area (Å²) in [6.07, 6.45) is -0.603. The van der Waals surface area contributed by atoms with Crippen molar-refractivity contribution in [3.8, 4) is 0 Å². The van der Waals surface area contributed by atoms with Gasteiger partial charge in [-0.15, -0.1) is 0 Å². The molecular formula is C12H23FN2O4S. The summed E-state index contributed by atoms with van der Waals surface area (Å²) in [6, 6.07) is -0.507. The Morgan fingerprint density at radius 3 is 2.55 bits per heavy atom. The Bertz CT molecular complexity index is 447. The van der Waals surface area contributed by atoms with Crippen LogP contribution in [0, 0.1) is 5.41 Å². The van der Waals surface area contributed by atoms with Crippen LogP contribution in [0.1, 0.15) is 27.2 Å². The quantitative estimate of drug-likeness (QED) is 0.844. The van der Waals surface area contributed by atoms with E-state index in [4.69, 9.17) is 4.74 Å². The lowest BCUT2D eigenvalue weighted by molar-refractivity contribution is 0.0683. The van der Waals surface area contributed by atoms with Crippen molar-refractivity contribution in [3.05, 3.63) is 0 Å². The Hall–Kier alpha value is -0.890. The summed E-state index contributed by atoms with van der Waals surface area (Å²) in [4.78, 5) is 13.2. The number of ether oxygens (including phenoxy) is 1. The molecule has 0 spiro atoms. The van der Waals surface area contributed by atoms with Crippen LogP contribution in [-0.2, 0) is 14.8 Å². The summed E-state index contributed by atoms with van der Waals surface area (Å²) in [7, 11) is -3.36. The molecule has 1 aliphatic rings. The van der Waals surface area contributed by atoms with Crippen LogP contribution in [0.15, 0.2) is 0 Å². The highest BCUT2D eigenvalue weighted by molar-refractivity contribution is 7.88. The average molecular weight is 310 g/mol. The maximum absolute atomic E-state index is 13.5. The third kappa shape index (κ3) is 6.04. The highest BCUT2D eigenvalue weighted by Crippen LogP contribution is 2.22. The van der Waals surface area contributed by atoms with E-state index in [1.807, 2.05) is 20.8 Å². The zero-order chi connectivity index (χ0) is 15.6. The summed E-state index contributed by atoms with van der Waals surface area (Å²) in [6.45, 7) is 5.94. The summed E-state index contributed by atoms with van der Waals surface area (Å²) in [5.74, 6) is 0. The van der Waals surface area contributed by atoms with Gasteiger partial charge < -0.3 is 9.64 Å². The van der Waals surface area contributed by atoms with Crippen molar-refractivity contribution in [2.24, 2.45) is 5.41 Å². The van der Waals surface area contributed by atoms with Crippen molar-refractivity contribution in [3.63, 3.8) is 0 Å². The zero-order valence-electron chi connectivity index (χ0n) is 12.3. The van der Waals surface area contributed by atoms with E-state index in [1.165, 1.54) is 4.90 Å². The third-order valence-electron chi connectivity index (χ3n) is 2.81. The predicted octanol–water partition coefficient (Wildman–Crippen LogP) is 1.13.